The third-order valence-corrected chi connectivity index (χ3v) is 8.60. The molecule has 0 saturated carbocycles. The zero-order valence-electron chi connectivity index (χ0n) is 24.5. The molecule has 0 amide bonds. The third-order valence-electron chi connectivity index (χ3n) is 8.60. The summed E-state index contributed by atoms with van der Waals surface area (Å²) < 4.78 is 0. The Balaban J connectivity index is 1.45. The van der Waals surface area contributed by atoms with Crippen LogP contribution in [0.2, 0.25) is 0 Å². The van der Waals surface area contributed by atoms with Crippen molar-refractivity contribution in [2.45, 2.75) is 31.7 Å². The molecule has 6 aromatic carbocycles. The molecule has 1 aliphatic rings. The van der Waals surface area contributed by atoms with Crippen molar-refractivity contribution in [3.05, 3.63) is 180 Å². The van der Waals surface area contributed by atoms with Gasteiger partial charge in [-0.25, -0.2) is 0 Å². The molecule has 0 unspecified atom stereocenters. The third kappa shape index (κ3) is 4.16. The molecule has 0 fully saturated rings. The van der Waals surface area contributed by atoms with Crippen LogP contribution in [0, 0.1) is 0 Å². The van der Waals surface area contributed by atoms with Crippen LogP contribution in [0.15, 0.2) is 158 Å². The van der Waals surface area contributed by atoms with Crippen molar-refractivity contribution in [2.24, 2.45) is 0 Å². The Labute approximate surface area is 249 Å². The molecule has 0 N–H and O–H groups in total. The Bertz CT molecular complexity index is 1790. The Kier molecular flexibility index (Phi) is 6.32. The average molecular weight is 542 g/mol. The number of rotatable bonds is 5. The zero-order valence-corrected chi connectivity index (χ0v) is 24.5. The Hall–Kier alpha value is -4.88. The summed E-state index contributed by atoms with van der Waals surface area (Å²) in [5, 5.41) is 0. The molecule has 0 heterocycles. The fraction of sp³-hybridized carbons (Fsp3) is 0.122. The number of benzene rings is 6. The molecule has 0 atom stereocenters. The van der Waals surface area contributed by atoms with Crippen molar-refractivity contribution in [1.82, 2.24) is 0 Å². The van der Waals surface area contributed by atoms with Gasteiger partial charge in [0.1, 0.15) is 0 Å². The molecule has 204 valence electrons. The smallest absolute Gasteiger partial charge is 0.0714 e. The van der Waals surface area contributed by atoms with Gasteiger partial charge in [-0.05, 0) is 89.5 Å². The maximum atomic E-state index is 2.48. The van der Waals surface area contributed by atoms with E-state index in [0.717, 1.165) is 0 Å². The Morgan fingerprint density at radius 2 is 0.905 bits per heavy atom. The summed E-state index contributed by atoms with van der Waals surface area (Å²) in [6.45, 7) is 6.88. The average Bonchev–Trinajstić information content (AvgIpc) is 3.33. The van der Waals surface area contributed by atoms with E-state index < -0.39 is 5.41 Å². The first kappa shape index (κ1) is 26.0. The first-order chi connectivity index (χ1) is 20.5. The summed E-state index contributed by atoms with van der Waals surface area (Å²) in [5.41, 5.74) is 12.1. The molecule has 7 rings (SSSR count). The topological polar surface area (TPSA) is 3.24 Å². The van der Waals surface area contributed by atoms with Crippen molar-refractivity contribution >= 4 is 11.4 Å². The highest BCUT2D eigenvalue weighted by Gasteiger charge is 2.46. The second-order valence-corrected chi connectivity index (χ2v) is 12.2. The van der Waals surface area contributed by atoms with Gasteiger partial charge < -0.3 is 4.90 Å². The predicted octanol–water partition coefficient (Wildman–Crippen LogP) is 10.7. The van der Waals surface area contributed by atoms with Crippen LogP contribution in [-0.2, 0) is 5.41 Å². The second kappa shape index (κ2) is 10.2. The molecule has 42 heavy (non-hydrogen) atoms. The fourth-order valence-corrected chi connectivity index (χ4v) is 6.93. The number of hydrogen-bond donors (Lipinski definition) is 0. The van der Waals surface area contributed by atoms with Gasteiger partial charge in [-0.15, -0.1) is 0 Å². The Morgan fingerprint density at radius 3 is 1.50 bits per heavy atom. The standard InChI is InChI=1S/C41H35N/c1-40(2,3)42(34-25-23-31(24-26-34)30-15-7-4-8-16-30)35-27-28-37-36-21-13-14-22-38(36)41(39(37)29-35,32-17-9-5-10-18-32)33-19-11-6-12-20-33/h4-29H,1-3H3. The van der Waals surface area contributed by atoms with Gasteiger partial charge in [-0.1, -0.05) is 133 Å². The highest BCUT2D eigenvalue weighted by Crippen LogP contribution is 2.57. The summed E-state index contributed by atoms with van der Waals surface area (Å²) in [6, 6.07) is 57.7. The maximum absolute atomic E-state index is 2.48. The molecule has 6 aromatic rings. The van der Waals surface area contributed by atoms with Crippen LogP contribution < -0.4 is 4.90 Å². The van der Waals surface area contributed by atoms with E-state index in [4.69, 9.17) is 0 Å². The molecule has 0 aliphatic heterocycles. The van der Waals surface area contributed by atoms with Gasteiger partial charge in [0.2, 0.25) is 0 Å². The van der Waals surface area contributed by atoms with Crippen LogP contribution in [0.25, 0.3) is 22.3 Å². The van der Waals surface area contributed by atoms with E-state index in [9.17, 15) is 0 Å². The summed E-state index contributed by atoms with van der Waals surface area (Å²) in [6.07, 6.45) is 0. The van der Waals surface area contributed by atoms with Crippen LogP contribution in [0.3, 0.4) is 0 Å². The van der Waals surface area contributed by atoms with Gasteiger partial charge in [0.15, 0.2) is 0 Å². The normalized spacial score (nSPS) is 13.3. The van der Waals surface area contributed by atoms with E-state index >= 15 is 0 Å². The first-order valence-electron chi connectivity index (χ1n) is 14.8. The van der Waals surface area contributed by atoms with Crippen LogP contribution in [-0.4, -0.2) is 5.54 Å². The maximum Gasteiger partial charge on any atom is 0.0714 e. The minimum Gasteiger partial charge on any atom is -0.336 e. The van der Waals surface area contributed by atoms with E-state index in [1.54, 1.807) is 0 Å². The SMILES string of the molecule is CC(C)(C)N(c1ccc(-c2ccccc2)cc1)c1ccc2c(c1)C(c1ccccc1)(c1ccccc1)c1ccccc1-2. The van der Waals surface area contributed by atoms with E-state index in [0.29, 0.717) is 0 Å². The van der Waals surface area contributed by atoms with Crippen LogP contribution in [0.4, 0.5) is 11.4 Å². The van der Waals surface area contributed by atoms with Gasteiger partial charge >= 0.3 is 0 Å². The lowest BCUT2D eigenvalue weighted by Gasteiger charge is -2.39. The van der Waals surface area contributed by atoms with Gasteiger partial charge in [-0.2, -0.15) is 0 Å². The van der Waals surface area contributed by atoms with E-state index in [2.05, 4.69) is 183 Å². The van der Waals surface area contributed by atoms with Crippen LogP contribution in [0.1, 0.15) is 43.0 Å². The van der Waals surface area contributed by atoms with E-state index in [-0.39, 0.29) is 5.54 Å². The van der Waals surface area contributed by atoms with Gasteiger partial charge in [-0.3, -0.25) is 0 Å². The quantitative estimate of drug-likeness (QED) is 0.209. The Morgan fingerprint density at radius 1 is 0.429 bits per heavy atom. The predicted molar refractivity (Wildman–Crippen MR) is 178 cm³/mol. The summed E-state index contributed by atoms with van der Waals surface area (Å²) in [4.78, 5) is 2.48. The minimum atomic E-state index is -0.412. The van der Waals surface area contributed by atoms with E-state index in [1.165, 1.54) is 55.9 Å². The highest BCUT2D eigenvalue weighted by atomic mass is 15.2. The summed E-state index contributed by atoms with van der Waals surface area (Å²) in [7, 11) is 0. The number of nitrogens with zero attached hydrogens (tertiary/aromatic N) is 1. The van der Waals surface area contributed by atoms with Crippen molar-refractivity contribution in [1.29, 1.82) is 0 Å². The minimum absolute atomic E-state index is 0.143. The molecular weight excluding hydrogens is 506 g/mol. The van der Waals surface area contributed by atoms with Gasteiger partial charge in [0.25, 0.3) is 0 Å². The summed E-state index contributed by atoms with van der Waals surface area (Å²) >= 11 is 0. The largest absolute Gasteiger partial charge is 0.336 e. The number of fused-ring (bicyclic) bond motifs is 3. The first-order valence-corrected chi connectivity index (χ1v) is 14.8. The van der Waals surface area contributed by atoms with Gasteiger partial charge in [0.05, 0.1) is 5.41 Å². The molecule has 1 heteroatoms. The molecule has 0 spiro atoms. The number of anilines is 2. The molecular formula is C41H35N. The molecule has 0 aromatic heterocycles. The number of hydrogen-bond acceptors (Lipinski definition) is 1. The highest BCUT2D eigenvalue weighted by molar-refractivity contribution is 5.88. The lowest BCUT2D eigenvalue weighted by atomic mass is 9.67. The van der Waals surface area contributed by atoms with Crippen molar-refractivity contribution in [3.63, 3.8) is 0 Å². The van der Waals surface area contributed by atoms with Gasteiger partial charge in [0, 0.05) is 16.9 Å². The molecule has 0 saturated heterocycles. The van der Waals surface area contributed by atoms with Crippen LogP contribution in [0.5, 0.6) is 0 Å². The monoisotopic (exact) mass is 541 g/mol. The molecule has 0 bridgehead atoms. The lowest BCUT2D eigenvalue weighted by Crippen LogP contribution is -2.38. The van der Waals surface area contributed by atoms with Crippen LogP contribution >= 0.6 is 0 Å². The van der Waals surface area contributed by atoms with Crippen molar-refractivity contribution < 1.29 is 0 Å². The fourth-order valence-electron chi connectivity index (χ4n) is 6.93. The van der Waals surface area contributed by atoms with Crippen molar-refractivity contribution in [2.75, 3.05) is 4.90 Å². The molecule has 1 aliphatic carbocycles. The molecule has 0 radical (unpaired) electrons. The molecule has 1 nitrogen and oxygen atoms in total. The van der Waals surface area contributed by atoms with E-state index in [1.807, 2.05) is 0 Å². The lowest BCUT2D eigenvalue weighted by molar-refractivity contribution is 0.560. The second-order valence-electron chi connectivity index (χ2n) is 12.2. The zero-order chi connectivity index (χ0) is 28.7. The van der Waals surface area contributed by atoms with Crippen molar-refractivity contribution in [3.8, 4) is 22.3 Å². The summed E-state index contributed by atoms with van der Waals surface area (Å²) in [5.74, 6) is 0.